The molecule has 0 unspecified atom stereocenters. The Morgan fingerprint density at radius 3 is 1.53 bits per heavy atom. The van der Waals surface area contributed by atoms with Crippen LogP contribution in [0.1, 0.15) is 0 Å². The Morgan fingerprint density at radius 2 is 0.791 bits per heavy atom. The number of furan rings is 1. The molecule has 0 aliphatic heterocycles. The Balaban J connectivity index is 0.928. The van der Waals surface area contributed by atoms with Crippen LogP contribution in [0.3, 0.4) is 0 Å². The number of aromatic nitrogens is 3. The van der Waals surface area contributed by atoms with Crippen molar-refractivity contribution in [2.75, 3.05) is 14.7 Å². The minimum Gasteiger partial charge on any atom is -0.454 e. The molecule has 0 atom stereocenters. The molecular formula is C84H56N6O. The van der Waals surface area contributed by atoms with E-state index in [0.717, 1.165) is 134 Å². The standard InChI is InChI=1S/C84H56N6O/c1-6-23-57(24-7-1)58-41-45-66(46-42-58)88(67-49-51-79-74(53-67)72-36-19-21-40-78(72)90(79)64-33-14-5-15-34-64)80-56-69(87(62-29-10-3-11-30-62)65-47-43-60(44-48-65)71-38-22-28-59-25-16-17-35-70(59)71)55-76-75-54-68(50-52-81(75)91-83(76)80)89(63-31-12-4-13-32-63)84-85-77-39-20-18-37-73(77)82(86-84)61-26-8-2-9-27-61/h1-56H. The van der Waals surface area contributed by atoms with Crippen LogP contribution in [0.2, 0.25) is 0 Å². The largest absolute Gasteiger partial charge is 0.454 e. The van der Waals surface area contributed by atoms with Gasteiger partial charge in [0.15, 0.2) is 5.58 Å². The number of hydrogen-bond donors (Lipinski definition) is 0. The zero-order chi connectivity index (χ0) is 60.2. The first-order chi connectivity index (χ1) is 45.1. The Morgan fingerprint density at radius 1 is 0.286 bits per heavy atom. The number of hydrogen-bond acceptors (Lipinski definition) is 6. The van der Waals surface area contributed by atoms with Gasteiger partial charge in [0.1, 0.15) is 5.58 Å². The van der Waals surface area contributed by atoms with Gasteiger partial charge in [-0.1, -0.05) is 218 Å². The molecule has 0 aliphatic carbocycles. The van der Waals surface area contributed by atoms with Crippen molar-refractivity contribution in [3.05, 3.63) is 340 Å². The first-order valence-corrected chi connectivity index (χ1v) is 30.8. The van der Waals surface area contributed by atoms with Crippen LogP contribution in [0.5, 0.6) is 0 Å². The summed E-state index contributed by atoms with van der Waals surface area (Å²) in [5.41, 5.74) is 19.7. The van der Waals surface area contributed by atoms with Gasteiger partial charge in [0, 0.05) is 78.0 Å². The summed E-state index contributed by atoms with van der Waals surface area (Å²) in [6.45, 7) is 0. The lowest BCUT2D eigenvalue weighted by Crippen LogP contribution is -2.14. The van der Waals surface area contributed by atoms with Crippen molar-refractivity contribution >= 4 is 117 Å². The molecule has 17 aromatic rings. The van der Waals surface area contributed by atoms with Crippen LogP contribution < -0.4 is 14.7 Å². The van der Waals surface area contributed by atoms with E-state index >= 15 is 0 Å². The molecule has 0 fully saturated rings. The summed E-state index contributed by atoms with van der Waals surface area (Å²) in [6.07, 6.45) is 0. The van der Waals surface area contributed by atoms with Crippen LogP contribution in [0, 0.1) is 0 Å². The fourth-order valence-corrected chi connectivity index (χ4v) is 13.3. The summed E-state index contributed by atoms with van der Waals surface area (Å²) in [5.74, 6) is 0.550. The third-order valence-electron chi connectivity index (χ3n) is 17.5. The molecule has 3 aromatic heterocycles. The topological polar surface area (TPSA) is 53.6 Å². The summed E-state index contributed by atoms with van der Waals surface area (Å²) in [4.78, 5) is 17.7. The molecule has 428 valence electrons. The number of para-hydroxylation sites is 5. The molecule has 0 radical (unpaired) electrons. The summed E-state index contributed by atoms with van der Waals surface area (Å²) < 4.78 is 9.80. The van der Waals surface area contributed by atoms with Crippen LogP contribution in [0.4, 0.5) is 51.4 Å². The number of rotatable bonds is 13. The van der Waals surface area contributed by atoms with Crippen LogP contribution in [-0.2, 0) is 0 Å². The molecule has 3 heterocycles. The molecule has 17 rings (SSSR count). The highest BCUT2D eigenvalue weighted by molar-refractivity contribution is 6.15. The molecule has 0 bridgehead atoms. The molecule has 0 aliphatic rings. The summed E-state index contributed by atoms with van der Waals surface area (Å²) in [5, 5.41) is 7.56. The van der Waals surface area contributed by atoms with Crippen molar-refractivity contribution in [1.29, 1.82) is 0 Å². The highest BCUT2D eigenvalue weighted by atomic mass is 16.3. The van der Waals surface area contributed by atoms with Crippen molar-refractivity contribution in [3.8, 4) is 39.2 Å². The SMILES string of the molecule is c1ccc(-c2ccc(N(c3ccc4c(c3)c3ccccc3n4-c3ccccc3)c3cc(N(c4ccccc4)c4ccc(-c5cccc6ccccc56)cc4)cc4c3oc3ccc(N(c5ccccc5)c5nc(-c6ccccc6)c6ccccc6n5)cc34)cc2)cc1. The molecule has 0 N–H and O–H groups in total. The van der Waals surface area contributed by atoms with E-state index in [0.29, 0.717) is 5.95 Å². The second kappa shape index (κ2) is 22.4. The lowest BCUT2D eigenvalue weighted by Gasteiger charge is -2.30. The van der Waals surface area contributed by atoms with Crippen LogP contribution >= 0.6 is 0 Å². The molecular weight excluding hydrogens is 1110 g/mol. The van der Waals surface area contributed by atoms with Crippen molar-refractivity contribution in [3.63, 3.8) is 0 Å². The van der Waals surface area contributed by atoms with Crippen LogP contribution in [0.15, 0.2) is 344 Å². The minimum absolute atomic E-state index is 0.550. The van der Waals surface area contributed by atoms with Gasteiger partial charge in [-0.15, -0.1) is 0 Å². The molecule has 14 aromatic carbocycles. The van der Waals surface area contributed by atoms with Crippen molar-refractivity contribution < 1.29 is 4.42 Å². The highest BCUT2D eigenvalue weighted by Crippen LogP contribution is 2.50. The average molecular weight is 1170 g/mol. The number of fused-ring (bicyclic) bond motifs is 8. The van der Waals surface area contributed by atoms with E-state index in [-0.39, 0.29) is 0 Å². The summed E-state index contributed by atoms with van der Waals surface area (Å²) >= 11 is 0. The van der Waals surface area contributed by atoms with E-state index in [9.17, 15) is 0 Å². The Labute approximate surface area is 526 Å². The third-order valence-corrected chi connectivity index (χ3v) is 17.5. The van der Waals surface area contributed by atoms with Gasteiger partial charge < -0.3 is 18.8 Å². The fraction of sp³-hybridized carbons (Fsp3) is 0. The quantitative estimate of drug-likeness (QED) is 0.115. The predicted octanol–water partition coefficient (Wildman–Crippen LogP) is 23.2. The van der Waals surface area contributed by atoms with Gasteiger partial charge in [-0.2, -0.15) is 0 Å². The second-order valence-corrected chi connectivity index (χ2v) is 22.9. The second-order valence-electron chi connectivity index (χ2n) is 22.9. The molecule has 0 saturated carbocycles. The maximum Gasteiger partial charge on any atom is 0.235 e. The highest BCUT2D eigenvalue weighted by Gasteiger charge is 2.27. The summed E-state index contributed by atoms with van der Waals surface area (Å²) in [7, 11) is 0. The van der Waals surface area contributed by atoms with Crippen molar-refractivity contribution in [2.24, 2.45) is 0 Å². The lowest BCUT2D eigenvalue weighted by molar-refractivity contribution is 0.669. The minimum atomic E-state index is 0.550. The molecule has 7 nitrogen and oxygen atoms in total. The summed E-state index contributed by atoms with van der Waals surface area (Å²) in [6, 6.07) is 121. The third kappa shape index (κ3) is 9.48. The Hall–Kier alpha value is -12.3. The average Bonchev–Trinajstić information content (AvgIpc) is 1.66. The van der Waals surface area contributed by atoms with E-state index in [4.69, 9.17) is 14.4 Å². The first-order valence-electron chi connectivity index (χ1n) is 30.8. The van der Waals surface area contributed by atoms with Gasteiger partial charge >= 0.3 is 0 Å². The van der Waals surface area contributed by atoms with Crippen LogP contribution in [-0.4, -0.2) is 14.5 Å². The van der Waals surface area contributed by atoms with E-state index in [2.05, 4.69) is 341 Å². The van der Waals surface area contributed by atoms with Gasteiger partial charge in [-0.05, 0) is 154 Å². The lowest BCUT2D eigenvalue weighted by atomic mass is 9.98. The predicted molar refractivity (Wildman–Crippen MR) is 379 cm³/mol. The van der Waals surface area contributed by atoms with Crippen molar-refractivity contribution in [2.45, 2.75) is 0 Å². The maximum atomic E-state index is 7.43. The molecule has 0 spiro atoms. The van der Waals surface area contributed by atoms with E-state index in [1.165, 1.54) is 16.3 Å². The zero-order valence-electron chi connectivity index (χ0n) is 49.4. The molecule has 0 amide bonds. The van der Waals surface area contributed by atoms with E-state index < -0.39 is 0 Å². The fourth-order valence-electron chi connectivity index (χ4n) is 13.3. The zero-order valence-corrected chi connectivity index (χ0v) is 49.4. The maximum absolute atomic E-state index is 7.43. The smallest absolute Gasteiger partial charge is 0.235 e. The van der Waals surface area contributed by atoms with Gasteiger partial charge in [-0.25, -0.2) is 9.97 Å². The van der Waals surface area contributed by atoms with Gasteiger partial charge in [0.25, 0.3) is 0 Å². The number of benzene rings is 14. The monoisotopic (exact) mass is 1160 g/mol. The molecule has 7 heteroatoms. The van der Waals surface area contributed by atoms with Crippen LogP contribution in [0.25, 0.3) is 105 Å². The normalized spacial score (nSPS) is 11.5. The molecule has 91 heavy (non-hydrogen) atoms. The van der Waals surface area contributed by atoms with Gasteiger partial charge in [0.2, 0.25) is 5.95 Å². The van der Waals surface area contributed by atoms with Gasteiger partial charge in [0.05, 0.1) is 27.9 Å². The number of anilines is 9. The number of nitrogens with zero attached hydrogens (tertiary/aromatic N) is 6. The first kappa shape index (κ1) is 53.0. The molecule has 0 saturated heterocycles. The Kier molecular flexibility index (Phi) is 13.1. The van der Waals surface area contributed by atoms with E-state index in [1.54, 1.807) is 0 Å². The Bertz CT molecular complexity index is 5520. The van der Waals surface area contributed by atoms with Crippen molar-refractivity contribution in [1.82, 2.24) is 14.5 Å². The van der Waals surface area contributed by atoms with Gasteiger partial charge in [-0.3, -0.25) is 4.90 Å². The van der Waals surface area contributed by atoms with E-state index in [1.807, 2.05) is 18.2 Å².